The van der Waals surface area contributed by atoms with E-state index >= 15 is 0 Å². The number of hydrogen-bond donors (Lipinski definition) is 1. The van der Waals surface area contributed by atoms with Crippen molar-refractivity contribution in [2.45, 2.75) is 6.42 Å². The van der Waals surface area contributed by atoms with Gasteiger partial charge in [0.1, 0.15) is 0 Å². The molecule has 0 fully saturated rings. The molecular formula is C10H12INO. The van der Waals surface area contributed by atoms with Crippen LogP contribution in [-0.4, -0.2) is 16.9 Å². The number of benzene rings is 1. The van der Waals surface area contributed by atoms with Crippen LogP contribution in [-0.2, 0) is 0 Å². The Bertz CT molecular complexity index is 261. The maximum absolute atomic E-state index is 11.4. The van der Waals surface area contributed by atoms with Crippen LogP contribution in [0.1, 0.15) is 16.8 Å². The van der Waals surface area contributed by atoms with Gasteiger partial charge in [0.2, 0.25) is 0 Å². The Kier molecular flexibility index (Phi) is 4.82. The summed E-state index contributed by atoms with van der Waals surface area (Å²) in [7, 11) is 0. The second kappa shape index (κ2) is 5.96. The normalized spacial score (nSPS) is 9.62. The van der Waals surface area contributed by atoms with Gasteiger partial charge in [0.25, 0.3) is 5.91 Å². The lowest BCUT2D eigenvalue weighted by molar-refractivity contribution is 0.0954. The number of carbonyl (C=O) groups is 1. The van der Waals surface area contributed by atoms with Gasteiger partial charge in [0, 0.05) is 16.5 Å². The Morgan fingerprint density at radius 1 is 1.31 bits per heavy atom. The lowest BCUT2D eigenvalue weighted by Gasteiger charge is -2.02. The van der Waals surface area contributed by atoms with Gasteiger partial charge >= 0.3 is 0 Å². The SMILES string of the molecule is O=C(NCCCI)c1ccccc1. The van der Waals surface area contributed by atoms with Crippen LogP contribution in [0.15, 0.2) is 30.3 Å². The van der Waals surface area contributed by atoms with E-state index in [1.165, 1.54) is 0 Å². The average molecular weight is 289 g/mol. The molecule has 3 heteroatoms. The lowest BCUT2D eigenvalue weighted by Crippen LogP contribution is -2.24. The van der Waals surface area contributed by atoms with Crippen LogP contribution in [0.25, 0.3) is 0 Å². The zero-order valence-corrected chi connectivity index (χ0v) is 9.45. The first-order chi connectivity index (χ1) is 6.34. The van der Waals surface area contributed by atoms with E-state index in [-0.39, 0.29) is 5.91 Å². The number of halogens is 1. The Labute approximate surface area is 91.9 Å². The van der Waals surface area contributed by atoms with Crippen LogP contribution in [0.5, 0.6) is 0 Å². The maximum atomic E-state index is 11.4. The second-order valence-electron chi connectivity index (χ2n) is 2.66. The minimum absolute atomic E-state index is 0.0189. The molecule has 0 atom stereocenters. The zero-order valence-electron chi connectivity index (χ0n) is 7.29. The van der Waals surface area contributed by atoms with E-state index in [1.54, 1.807) is 0 Å². The Morgan fingerprint density at radius 3 is 2.62 bits per heavy atom. The first-order valence-electron chi connectivity index (χ1n) is 4.24. The monoisotopic (exact) mass is 289 g/mol. The van der Waals surface area contributed by atoms with Gasteiger partial charge in [-0.3, -0.25) is 4.79 Å². The highest BCUT2D eigenvalue weighted by Crippen LogP contribution is 1.97. The van der Waals surface area contributed by atoms with Crippen LogP contribution in [0.3, 0.4) is 0 Å². The highest BCUT2D eigenvalue weighted by Gasteiger charge is 2.01. The molecule has 0 heterocycles. The molecular weight excluding hydrogens is 277 g/mol. The van der Waals surface area contributed by atoms with Crippen LogP contribution >= 0.6 is 22.6 Å². The number of nitrogens with one attached hydrogen (secondary N) is 1. The number of hydrogen-bond acceptors (Lipinski definition) is 1. The molecule has 0 bridgehead atoms. The van der Waals surface area contributed by atoms with Crippen LogP contribution in [0.2, 0.25) is 0 Å². The van der Waals surface area contributed by atoms with Crippen LogP contribution in [0.4, 0.5) is 0 Å². The first kappa shape index (κ1) is 10.5. The molecule has 1 amide bonds. The summed E-state index contributed by atoms with van der Waals surface area (Å²) in [5.41, 5.74) is 0.732. The number of carbonyl (C=O) groups excluding carboxylic acids is 1. The predicted molar refractivity (Wildman–Crippen MR) is 62.3 cm³/mol. The van der Waals surface area contributed by atoms with Gasteiger partial charge in [-0.25, -0.2) is 0 Å². The molecule has 0 radical (unpaired) electrons. The average Bonchev–Trinajstić information content (AvgIpc) is 2.19. The van der Waals surface area contributed by atoms with E-state index in [0.717, 1.165) is 23.0 Å². The molecule has 0 spiro atoms. The Hall–Kier alpha value is -0.580. The number of rotatable bonds is 4. The third kappa shape index (κ3) is 3.76. The smallest absolute Gasteiger partial charge is 0.251 e. The van der Waals surface area contributed by atoms with Crippen molar-refractivity contribution >= 4 is 28.5 Å². The zero-order chi connectivity index (χ0) is 9.52. The first-order valence-corrected chi connectivity index (χ1v) is 5.76. The molecule has 0 aliphatic rings. The van der Waals surface area contributed by atoms with Gasteiger partial charge in [0.05, 0.1) is 0 Å². The molecule has 1 N–H and O–H groups in total. The molecule has 0 saturated heterocycles. The van der Waals surface area contributed by atoms with Gasteiger partial charge in [-0.05, 0) is 18.6 Å². The summed E-state index contributed by atoms with van der Waals surface area (Å²) < 4.78 is 1.08. The molecule has 0 aliphatic heterocycles. The summed E-state index contributed by atoms with van der Waals surface area (Å²) in [6.07, 6.45) is 1.03. The molecule has 1 aromatic rings. The fourth-order valence-electron chi connectivity index (χ4n) is 0.960. The van der Waals surface area contributed by atoms with Crippen LogP contribution in [0, 0.1) is 0 Å². The fraction of sp³-hybridized carbons (Fsp3) is 0.300. The van der Waals surface area contributed by atoms with Gasteiger partial charge in [-0.1, -0.05) is 40.8 Å². The fourth-order valence-corrected chi connectivity index (χ4v) is 1.34. The van der Waals surface area contributed by atoms with Crippen molar-refractivity contribution in [3.63, 3.8) is 0 Å². The molecule has 1 rings (SSSR count). The van der Waals surface area contributed by atoms with E-state index in [1.807, 2.05) is 30.3 Å². The largest absolute Gasteiger partial charge is 0.352 e. The van der Waals surface area contributed by atoms with Gasteiger partial charge in [0.15, 0.2) is 0 Å². The predicted octanol–water partition coefficient (Wildman–Crippen LogP) is 2.24. The van der Waals surface area contributed by atoms with Crippen molar-refractivity contribution < 1.29 is 4.79 Å². The molecule has 70 valence electrons. The van der Waals surface area contributed by atoms with E-state index in [9.17, 15) is 4.79 Å². The minimum atomic E-state index is 0.0189. The van der Waals surface area contributed by atoms with Crippen molar-refractivity contribution in [3.8, 4) is 0 Å². The summed E-state index contributed by atoms with van der Waals surface area (Å²) in [4.78, 5) is 11.4. The summed E-state index contributed by atoms with van der Waals surface area (Å²) in [6.45, 7) is 0.761. The quantitative estimate of drug-likeness (QED) is 0.514. The molecule has 0 aromatic heterocycles. The van der Waals surface area contributed by atoms with E-state index in [0.29, 0.717) is 0 Å². The molecule has 13 heavy (non-hydrogen) atoms. The highest BCUT2D eigenvalue weighted by atomic mass is 127. The summed E-state index contributed by atoms with van der Waals surface area (Å²) in [6, 6.07) is 9.28. The molecule has 0 unspecified atom stereocenters. The van der Waals surface area contributed by atoms with E-state index in [2.05, 4.69) is 27.9 Å². The molecule has 2 nitrogen and oxygen atoms in total. The van der Waals surface area contributed by atoms with Crippen molar-refractivity contribution in [1.82, 2.24) is 5.32 Å². The lowest BCUT2D eigenvalue weighted by atomic mass is 10.2. The number of alkyl halides is 1. The van der Waals surface area contributed by atoms with Crippen molar-refractivity contribution in [3.05, 3.63) is 35.9 Å². The van der Waals surface area contributed by atoms with Crippen LogP contribution < -0.4 is 5.32 Å². The van der Waals surface area contributed by atoms with E-state index in [4.69, 9.17) is 0 Å². The highest BCUT2D eigenvalue weighted by molar-refractivity contribution is 14.1. The Balaban J connectivity index is 2.40. The van der Waals surface area contributed by atoms with E-state index < -0.39 is 0 Å². The third-order valence-electron chi connectivity index (χ3n) is 1.63. The summed E-state index contributed by atoms with van der Waals surface area (Å²) in [5.74, 6) is 0.0189. The van der Waals surface area contributed by atoms with Gasteiger partial charge in [-0.2, -0.15) is 0 Å². The standard InChI is InChI=1S/C10H12INO/c11-7-4-8-12-10(13)9-5-2-1-3-6-9/h1-3,5-6H,4,7-8H2,(H,12,13). The molecule has 0 aliphatic carbocycles. The minimum Gasteiger partial charge on any atom is -0.352 e. The molecule has 0 saturated carbocycles. The topological polar surface area (TPSA) is 29.1 Å². The number of amides is 1. The maximum Gasteiger partial charge on any atom is 0.251 e. The third-order valence-corrected chi connectivity index (χ3v) is 2.39. The summed E-state index contributed by atoms with van der Waals surface area (Å²) >= 11 is 2.30. The van der Waals surface area contributed by atoms with Gasteiger partial charge in [-0.15, -0.1) is 0 Å². The van der Waals surface area contributed by atoms with Crippen molar-refractivity contribution in [2.24, 2.45) is 0 Å². The van der Waals surface area contributed by atoms with Crippen molar-refractivity contribution in [1.29, 1.82) is 0 Å². The van der Waals surface area contributed by atoms with Gasteiger partial charge < -0.3 is 5.32 Å². The second-order valence-corrected chi connectivity index (χ2v) is 3.74. The summed E-state index contributed by atoms with van der Waals surface area (Å²) in [5, 5.41) is 2.86. The molecule has 1 aromatic carbocycles. The Morgan fingerprint density at radius 2 is 2.00 bits per heavy atom. The van der Waals surface area contributed by atoms with Crippen molar-refractivity contribution in [2.75, 3.05) is 11.0 Å².